The number of nitrogens with one attached hydrogen (secondary N) is 2. The Kier molecular flexibility index (Phi) is 5.08. The van der Waals surface area contributed by atoms with Crippen molar-refractivity contribution in [1.82, 2.24) is 5.32 Å². The summed E-state index contributed by atoms with van der Waals surface area (Å²) in [6.07, 6.45) is 0.513. The highest BCUT2D eigenvalue weighted by Crippen LogP contribution is 2.12. The highest BCUT2D eigenvalue weighted by molar-refractivity contribution is 6.39. The number of hydrogen-bond donors (Lipinski definition) is 3. The number of carbonyl (C=O) groups is 2. The van der Waals surface area contributed by atoms with Gasteiger partial charge in [-0.3, -0.25) is 9.59 Å². The zero-order chi connectivity index (χ0) is 15.9. The number of anilines is 1. The molecule has 0 aliphatic rings. The second-order valence-corrected chi connectivity index (χ2v) is 4.61. The standard InChI is InChI=1S/C16H15FN2O3/c17-13-3-1-2-4-14(13)19-16(22)15(21)18-10-9-11-5-7-12(20)8-6-11/h1-8,20H,9-10H2,(H,18,21)(H,19,22). The Morgan fingerprint density at radius 2 is 1.68 bits per heavy atom. The fraction of sp³-hybridized carbons (Fsp3) is 0.125. The fourth-order valence-corrected chi connectivity index (χ4v) is 1.80. The number of hydrogen-bond acceptors (Lipinski definition) is 3. The number of aromatic hydroxyl groups is 1. The molecule has 0 fully saturated rings. The predicted molar refractivity (Wildman–Crippen MR) is 79.9 cm³/mol. The summed E-state index contributed by atoms with van der Waals surface area (Å²) >= 11 is 0. The first-order chi connectivity index (χ1) is 10.6. The van der Waals surface area contributed by atoms with E-state index in [2.05, 4.69) is 10.6 Å². The highest BCUT2D eigenvalue weighted by atomic mass is 19.1. The number of benzene rings is 2. The average molecular weight is 302 g/mol. The second-order valence-electron chi connectivity index (χ2n) is 4.61. The fourth-order valence-electron chi connectivity index (χ4n) is 1.80. The van der Waals surface area contributed by atoms with Crippen LogP contribution in [0.3, 0.4) is 0 Å². The Morgan fingerprint density at radius 1 is 1.00 bits per heavy atom. The van der Waals surface area contributed by atoms with E-state index < -0.39 is 17.6 Å². The maximum Gasteiger partial charge on any atom is 0.313 e. The van der Waals surface area contributed by atoms with E-state index in [9.17, 15) is 14.0 Å². The highest BCUT2D eigenvalue weighted by Gasteiger charge is 2.14. The van der Waals surface area contributed by atoms with Crippen molar-refractivity contribution < 1.29 is 19.1 Å². The first-order valence-corrected chi connectivity index (χ1v) is 6.68. The summed E-state index contributed by atoms with van der Waals surface area (Å²) in [5.74, 6) is -2.19. The molecule has 0 bridgehead atoms. The van der Waals surface area contributed by atoms with Gasteiger partial charge in [0.25, 0.3) is 0 Å². The molecule has 6 heteroatoms. The summed E-state index contributed by atoms with van der Waals surface area (Å²) in [6, 6.07) is 12.1. The molecule has 0 aliphatic carbocycles. The Balaban J connectivity index is 1.80. The average Bonchev–Trinajstić information content (AvgIpc) is 2.51. The van der Waals surface area contributed by atoms with Crippen molar-refractivity contribution in [3.8, 4) is 5.75 Å². The number of amides is 2. The predicted octanol–water partition coefficient (Wildman–Crippen LogP) is 1.83. The Hall–Kier alpha value is -2.89. The molecule has 0 spiro atoms. The second kappa shape index (κ2) is 7.21. The van der Waals surface area contributed by atoms with Gasteiger partial charge in [-0.25, -0.2) is 4.39 Å². The topological polar surface area (TPSA) is 78.4 Å². The van der Waals surface area contributed by atoms with Crippen molar-refractivity contribution in [1.29, 1.82) is 0 Å². The summed E-state index contributed by atoms with van der Waals surface area (Å²) in [7, 11) is 0. The van der Waals surface area contributed by atoms with Crippen molar-refractivity contribution in [3.63, 3.8) is 0 Å². The maximum atomic E-state index is 13.4. The van der Waals surface area contributed by atoms with Crippen LogP contribution in [-0.4, -0.2) is 23.5 Å². The van der Waals surface area contributed by atoms with Crippen LogP contribution in [0, 0.1) is 5.82 Å². The summed E-state index contributed by atoms with van der Waals surface area (Å²) in [6.45, 7) is 0.258. The molecule has 0 atom stereocenters. The minimum Gasteiger partial charge on any atom is -0.508 e. The molecule has 0 unspecified atom stereocenters. The molecule has 0 saturated heterocycles. The third-order valence-electron chi connectivity index (χ3n) is 2.96. The van der Waals surface area contributed by atoms with Crippen molar-refractivity contribution in [3.05, 3.63) is 59.9 Å². The van der Waals surface area contributed by atoms with E-state index in [1.54, 1.807) is 30.3 Å². The maximum absolute atomic E-state index is 13.4. The minimum atomic E-state index is -0.921. The van der Waals surface area contributed by atoms with Gasteiger partial charge in [0.1, 0.15) is 11.6 Å². The zero-order valence-electron chi connectivity index (χ0n) is 11.7. The van der Waals surface area contributed by atoms with Crippen LogP contribution in [0.4, 0.5) is 10.1 Å². The van der Waals surface area contributed by atoms with Gasteiger partial charge in [-0.2, -0.15) is 0 Å². The van der Waals surface area contributed by atoms with E-state index in [4.69, 9.17) is 5.11 Å². The molecule has 2 rings (SSSR count). The van der Waals surface area contributed by atoms with Crippen LogP contribution in [0.25, 0.3) is 0 Å². The van der Waals surface area contributed by atoms with Gasteiger partial charge in [0.2, 0.25) is 0 Å². The monoisotopic (exact) mass is 302 g/mol. The van der Waals surface area contributed by atoms with Gasteiger partial charge in [0.15, 0.2) is 0 Å². The van der Waals surface area contributed by atoms with Crippen LogP contribution < -0.4 is 10.6 Å². The smallest absolute Gasteiger partial charge is 0.313 e. The molecule has 0 aliphatic heterocycles. The third kappa shape index (κ3) is 4.31. The van der Waals surface area contributed by atoms with Crippen LogP contribution in [-0.2, 0) is 16.0 Å². The van der Waals surface area contributed by atoms with Crippen LogP contribution in [0.5, 0.6) is 5.75 Å². The molecule has 0 heterocycles. The lowest BCUT2D eigenvalue weighted by Gasteiger charge is -2.07. The van der Waals surface area contributed by atoms with Crippen molar-refractivity contribution in [2.75, 3.05) is 11.9 Å². The number of para-hydroxylation sites is 1. The van der Waals surface area contributed by atoms with Gasteiger partial charge in [-0.05, 0) is 36.2 Å². The van der Waals surface area contributed by atoms with Crippen LogP contribution >= 0.6 is 0 Å². The summed E-state index contributed by atoms with van der Waals surface area (Å²) in [5.41, 5.74) is 0.869. The molecule has 5 nitrogen and oxygen atoms in total. The lowest BCUT2D eigenvalue weighted by Crippen LogP contribution is -2.36. The van der Waals surface area contributed by atoms with Crippen molar-refractivity contribution >= 4 is 17.5 Å². The number of rotatable bonds is 4. The minimum absolute atomic E-state index is 0.0406. The summed E-state index contributed by atoms with van der Waals surface area (Å²) in [4.78, 5) is 23.2. The lowest BCUT2D eigenvalue weighted by atomic mass is 10.1. The Labute approximate surface area is 126 Å². The molecular weight excluding hydrogens is 287 g/mol. The molecule has 0 aromatic heterocycles. The largest absolute Gasteiger partial charge is 0.508 e. The number of halogens is 1. The number of phenols is 1. The van der Waals surface area contributed by atoms with E-state index in [0.717, 1.165) is 5.56 Å². The molecule has 3 N–H and O–H groups in total. The van der Waals surface area contributed by atoms with Gasteiger partial charge in [-0.1, -0.05) is 24.3 Å². The quantitative estimate of drug-likeness (QED) is 0.754. The van der Waals surface area contributed by atoms with Gasteiger partial charge in [-0.15, -0.1) is 0 Å². The van der Waals surface area contributed by atoms with Gasteiger partial charge >= 0.3 is 11.8 Å². The van der Waals surface area contributed by atoms with Crippen LogP contribution in [0.1, 0.15) is 5.56 Å². The molecule has 22 heavy (non-hydrogen) atoms. The molecule has 0 saturated carbocycles. The van der Waals surface area contributed by atoms with Crippen molar-refractivity contribution in [2.24, 2.45) is 0 Å². The summed E-state index contributed by atoms with van der Waals surface area (Å²) < 4.78 is 13.4. The van der Waals surface area contributed by atoms with E-state index in [0.29, 0.717) is 6.42 Å². The number of phenolic OH excluding ortho intramolecular Hbond substituents is 1. The lowest BCUT2D eigenvalue weighted by molar-refractivity contribution is -0.136. The number of carbonyl (C=O) groups excluding carboxylic acids is 2. The normalized spacial score (nSPS) is 10.0. The Bertz CT molecular complexity index is 671. The van der Waals surface area contributed by atoms with E-state index in [1.807, 2.05) is 0 Å². The summed E-state index contributed by atoms with van der Waals surface area (Å²) in [5, 5.41) is 13.8. The van der Waals surface area contributed by atoms with Gasteiger partial charge in [0.05, 0.1) is 5.69 Å². The van der Waals surface area contributed by atoms with Crippen LogP contribution in [0.2, 0.25) is 0 Å². The molecule has 2 amide bonds. The first kappa shape index (κ1) is 15.5. The van der Waals surface area contributed by atoms with E-state index in [-0.39, 0.29) is 18.0 Å². The molecule has 114 valence electrons. The molecular formula is C16H15FN2O3. The SMILES string of the molecule is O=C(NCCc1ccc(O)cc1)C(=O)Nc1ccccc1F. The van der Waals surface area contributed by atoms with E-state index in [1.165, 1.54) is 18.2 Å². The van der Waals surface area contributed by atoms with Crippen LogP contribution in [0.15, 0.2) is 48.5 Å². The zero-order valence-corrected chi connectivity index (χ0v) is 11.7. The van der Waals surface area contributed by atoms with E-state index >= 15 is 0 Å². The first-order valence-electron chi connectivity index (χ1n) is 6.68. The van der Waals surface area contributed by atoms with Gasteiger partial charge < -0.3 is 15.7 Å². The van der Waals surface area contributed by atoms with Gasteiger partial charge in [0, 0.05) is 6.54 Å². The third-order valence-corrected chi connectivity index (χ3v) is 2.96. The molecule has 0 radical (unpaired) electrons. The van der Waals surface area contributed by atoms with Crippen molar-refractivity contribution in [2.45, 2.75) is 6.42 Å². The Morgan fingerprint density at radius 3 is 2.36 bits per heavy atom. The molecule has 2 aromatic carbocycles. The molecule has 2 aromatic rings.